The number of para-hydroxylation sites is 1. The van der Waals surface area contributed by atoms with E-state index in [9.17, 15) is 5.11 Å². The molecule has 3 N–H and O–H groups in total. The van der Waals surface area contributed by atoms with E-state index in [1.165, 1.54) is 0 Å². The number of nitrogens with two attached hydrogens (primary N) is 1. The van der Waals surface area contributed by atoms with E-state index >= 15 is 0 Å². The molecule has 0 spiro atoms. The van der Waals surface area contributed by atoms with Gasteiger partial charge in [-0.1, -0.05) is 32.4 Å². The van der Waals surface area contributed by atoms with Gasteiger partial charge in [-0.15, -0.1) is 10.2 Å². The van der Waals surface area contributed by atoms with E-state index in [4.69, 9.17) is 5.73 Å². The normalized spacial score (nSPS) is 10.6. The SMILES string of the molecule is CCCCN(CCC)c1cc(-c2ccccc2O)nnc1N. The monoisotopic (exact) mass is 300 g/mol. The number of unbranched alkanes of at least 4 members (excludes halogenated alkanes) is 1. The molecule has 2 aromatic rings. The summed E-state index contributed by atoms with van der Waals surface area (Å²) in [5.74, 6) is 0.631. The van der Waals surface area contributed by atoms with Crippen LogP contribution in [-0.4, -0.2) is 28.4 Å². The number of hydrogen-bond acceptors (Lipinski definition) is 5. The molecule has 0 bridgehead atoms. The third kappa shape index (κ3) is 3.67. The minimum atomic E-state index is 0.197. The number of rotatable bonds is 7. The Morgan fingerprint density at radius 2 is 1.86 bits per heavy atom. The number of phenolic OH excluding ortho intramolecular Hbond substituents is 1. The summed E-state index contributed by atoms with van der Waals surface area (Å²) in [5.41, 5.74) is 8.23. The second-order valence-corrected chi connectivity index (χ2v) is 5.36. The summed E-state index contributed by atoms with van der Waals surface area (Å²) in [6.07, 6.45) is 3.27. The maximum Gasteiger partial charge on any atom is 0.169 e. The fourth-order valence-corrected chi connectivity index (χ4v) is 2.44. The number of nitrogen functional groups attached to an aromatic ring is 1. The van der Waals surface area contributed by atoms with Crippen molar-refractivity contribution >= 4 is 11.5 Å². The highest BCUT2D eigenvalue weighted by Gasteiger charge is 2.14. The van der Waals surface area contributed by atoms with Gasteiger partial charge in [0.05, 0.1) is 11.4 Å². The van der Waals surface area contributed by atoms with E-state index < -0.39 is 0 Å². The maximum absolute atomic E-state index is 9.99. The molecule has 1 aromatic heterocycles. The van der Waals surface area contributed by atoms with Gasteiger partial charge in [0.25, 0.3) is 0 Å². The van der Waals surface area contributed by atoms with Gasteiger partial charge < -0.3 is 15.7 Å². The fourth-order valence-electron chi connectivity index (χ4n) is 2.44. The average molecular weight is 300 g/mol. The van der Waals surface area contributed by atoms with Crippen LogP contribution >= 0.6 is 0 Å². The van der Waals surface area contributed by atoms with Gasteiger partial charge in [0, 0.05) is 18.7 Å². The van der Waals surface area contributed by atoms with Gasteiger partial charge >= 0.3 is 0 Å². The van der Waals surface area contributed by atoms with E-state index in [0.717, 1.165) is 38.0 Å². The Bertz CT molecular complexity index is 615. The largest absolute Gasteiger partial charge is 0.507 e. The highest BCUT2D eigenvalue weighted by Crippen LogP contribution is 2.31. The molecule has 0 radical (unpaired) electrons. The third-order valence-corrected chi connectivity index (χ3v) is 3.60. The molecule has 0 saturated heterocycles. The van der Waals surface area contributed by atoms with Crippen molar-refractivity contribution in [1.82, 2.24) is 10.2 Å². The molecule has 0 fully saturated rings. The van der Waals surface area contributed by atoms with Crippen molar-refractivity contribution in [2.24, 2.45) is 0 Å². The summed E-state index contributed by atoms with van der Waals surface area (Å²) in [7, 11) is 0. The van der Waals surface area contributed by atoms with Crippen molar-refractivity contribution < 1.29 is 5.11 Å². The number of aromatic hydroxyl groups is 1. The second-order valence-electron chi connectivity index (χ2n) is 5.36. The van der Waals surface area contributed by atoms with Crippen LogP contribution in [0.4, 0.5) is 11.5 Å². The van der Waals surface area contributed by atoms with Crippen molar-refractivity contribution in [2.75, 3.05) is 23.7 Å². The lowest BCUT2D eigenvalue weighted by Crippen LogP contribution is -2.26. The smallest absolute Gasteiger partial charge is 0.169 e. The predicted molar refractivity (Wildman–Crippen MR) is 91.0 cm³/mol. The van der Waals surface area contributed by atoms with Crippen LogP contribution in [0, 0.1) is 0 Å². The Labute approximate surface area is 131 Å². The van der Waals surface area contributed by atoms with Crippen molar-refractivity contribution in [3.05, 3.63) is 30.3 Å². The predicted octanol–water partition coefficient (Wildman–Crippen LogP) is 3.45. The Hall–Kier alpha value is -2.30. The Balaban J connectivity index is 2.39. The zero-order valence-electron chi connectivity index (χ0n) is 13.3. The minimum absolute atomic E-state index is 0.197. The molecule has 0 aliphatic rings. The molecule has 5 heteroatoms. The van der Waals surface area contributed by atoms with Gasteiger partial charge in [-0.05, 0) is 31.0 Å². The van der Waals surface area contributed by atoms with Crippen molar-refractivity contribution in [3.8, 4) is 17.0 Å². The molecule has 1 heterocycles. The first kappa shape index (κ1) is 16.1. The molecule has 0 atom stereocenters. The standard InChI is InChI=1S/C17H24N4O/c1-3-5-11-21(10-4-2)15-12-14(19-20-17(15)18)13-8-6-7-9-16(13)22/h6-9,12,22H,3-5,10-11H2,1-2H3,(H2,18,20). The van der Waals surface area contributed by atoms with Crippen LogP contribution in [0.5, 0.6) is 5.75 Å². The van der Waals surface area contributed by atoms with Crippen LogP contribution in [0.1, 0.15) is 33.1 Å². The first-order chi connectivity index (χ1) is 10.7. The van der Waals surface area contributed by atoms with E-state index in [0.29, 0.717) is 17.1 Å². The van der Waals surface area contributed by atoms with Crippen LogP contribution in [0.15, 0.2) is 30.3 Å². The summed E-state index contributed by atoms with van der Waals surface area (Å²) in [5, 5.41) is 18.2. The maximum atomic E-state index is 9.99. The molecular formula is C17H24N4O. The van der Waals surface area contributed by atoms with Crippen LogP contribution < -0.4 is 10.6 Å². The van der Waals surface area contributed by atoms with E-state index in [2.05, 4.69) is 28.9 Å². The Morgan fingerprint density at radius 1 is 1.09 bits per heavy atom. The van der Waals surface area contributed by atoms with E-state index in [1.807, 2.05) is 18.2 Å². The molecule has 0 unspecified atom stereocenters. The topological polar surface area (TPSA) is 75.3 Å². The van der Waals surface area contributed by atoms with Crippen molar-refractivity contribution in [1.29, 1.82) is 0 Å². The number of hydrogen-bond donors (Lipinski definition) is 2. The van der Waals surface area contributed by atoms with Gasteiger partial charge in [0.15, 0.2) is 5.82 Å². The van der Waals surface area contributed by atoms with Crippen molar-refractivity contribution in [2.45, 2.75) is 33.1 Å². The average Bonchev–Trinajstić information content (AvgIpc) is 2.53. The third-order valence-electron chi connectivity index (χ3n) is 3.60. The first-order valence-corrected chi connectivity index (χ1v) is 7.83. The van der Waals surface area contributed by atoms with E-state index in [1.54, 1.807) is 12.1 Å². The lowest BCUT2D eigenvalue weighted by Gasteiger charge is -2.25. The Kier molecular flexibility index (Phi) is 5.58. The lowest BCUT2D eigenvalue weighted by molar-refractivity contribution is 0.477. The number of aromatic nitrogens is 2. The molecule has 1 aromatic carbocycles. The van der Waals surface area contributed by atoms with Crippen molar-refractivity contribution in [3.63, 3.8) is 0 Å². The second kappa shape index (κ2) is 7.64. The highest BCUT2D eigenvalue weighted by molar-refractivity contribution is 5.73. The number of benzene rings is 1. The number of anilines is 2. The molecular weight excluding hydrogens is 276 g/mol. The number of nitrogens with zero attached hydrogens (tertiary/aromatic N) is 3. The quantitative estimate of drug-likeness (QED) is 0.819. The molecule has 22 heavy (non-hydrogen) atoms. The number of phenols is 1. The summed E-state index contributed by atoms with van der Waals surface area (Å²) in [6, 6.07) is 9.05. The molecule has 2 rings (SSSR count). The van der Waals surface area contributed by atoms with Gasteiger partial charge in [0.2, 0.25) is 0 Å². The molecule has 0 aliphatic heterocycles. The van der Waals surface area contributed by atoms with Crippen LogP contribution in [0.3, 0.4) is 0 Å². The zero-order chi connectivity index (χ0) is 15.9. The van der Waals surface area contributed by atoms with Gasteiger partial charge in [0.1, 0.15) is 5.75 Å². The molecule has 118 valence electrons. The summed E-state index contributed by atoms with van der Waals surface area (Å²) in [4.78, 5) is 2.25. The molecule has 0 saturated carbocycles. The van der Waals surface area contributed by atoms with Crippen LogP contribution in [0.25, 0.3) is 11.3 Å². The molecule has 5 nitrogen and oxygen atoms in total. The first-order valence-electron chi connectivity index (χ1n) is 7.83. The molecule has 0 amide bonds. The summed E-state index contributed by atoms with van der Waals surface area (Å²) in [6.45, 7) is 6.19. The van der Waals surface area contributed by atoms with Gasteiger partial charge in [-0.2, -0.15) is 0 Å². The fraction of sp³-hybridized carbons (Fsp3) is 0.412. The van der Waals surface area contributed by atoms with Crippen LogP contribution in [-0.2, 0) is 0 Å². The molecule has 0 aliphatic carbocycles. The van der Waals surface area contributed by atoms with Crippen LogP contribution in [0.2, 0.25) is 0 Å². The Morgan fingerprint density at radius 3 is 2.55 bits per heavy atom. The van der Waals surface area contributed by atoms with Gasteiger partial charge in [-0.25, -0.2) is 0 Å². The lowest BCUT2D eigenvalue weighted by atomic mass is 10.1. The van der Waals surface area contributed by atoms with E-state index in [-0.39, 0.29) is 5.75 Å². The highest BCUT2D eigenvalue weighted by atomic mass is 16.3. The minimum Gasteiger partial charge on any atom is -0.507 e. The summed E-state index contributed by atoms with van der Waals surface area (Å²) < 4.78 is 0. The zero-order valence-corrected chi connectivity index (χ0v) is 13.3. The van der Waals surface area contributed by atoms with Gasteiger partial charge in [-0.3, -0.25) is 0 Å². The summed E-state index contributed by atoms with van der Waals surface area (Å²) >= 11 is 0.